The highest BCUT2D eigenvalue weighted by atomic mass is 16.6. The van der Waals surface area contributed by atoms with E-state index in [-0.39, 0.29) is 5.71 Å². The van der Waals surface area contributed by atoms with E-state index in [1.165, 1.54) is 7.11 Å². The number of aliphatic carboxylic acids is 1. The molecule has 0 radical (unpaired) electrons. The van der Waals surface area contributed by atoms with Crippen LogP contribution >= 0.6 is 0 Å². The van der Waals surface area contributed by atoms with Crippen LogP contribution in [0.5, 0.6) is 0 Å². The van der Waals surface area contributed by atoms with Crippen molar-refractivity contribution >= 4 is 11.7 Å². The average molecular weight is 223 g/mol. The highest BCUT2D eigenvalue weighted by molar-refractivity contribution is 6.42. The quantitative estimate of drug-likeness (QED) is 0.603. The zero-order valence-electron chi connectivity index (χ0n) is 9.14. The lowest BCUT2D eigenvalue weighted by Crippen LogP contribution is -2.17. The van der Waals surface area contributed by atoms with E-state index in [9.17, 15) is 4.79 Å². The summed E-state index contributed by atoms with van der Waals surface area (Å²) in [6.45, 7) is 0.326. The minimum Gasteiger partial charge on any atom is -0.476 e. The van der Waals surface area contributed by atoms with E-state index in [2.05, 4.69) is 9.99 Å². The summed E-state index contributed by atoms with van der Waals surface area (Å²) < 4.78 is 4.99. The standard InChI is InChI=1S/C11H13NO4/c1-15-7-8-5-3-4-6-9(8)10(11(13)14)12-16-2/h3-6H,7H2,1-2H3,(H,13,14)/b12-10+. The Morgan fingerprint density at radius 1 is 1.38 bits per heavy atom. The van der Waals surface area contributed by atoms with Crippen LogP contribution < -0.4 is 0 Å². The summed E-state index contributed by atoms with van der Waals surface area (Å²) in [6.07, 6.45) is 0. The number of carboxylic acid groups (broad SMARTS) is 1. The number of carboxylic acids is 1. The second-order valence-corrected chi connectivity index (χ2v) is 3.02. The minimum absolute atomic E-state index is 0.129. The Bertz CT molecular complexity index is 401. The van der Waals surface area contributed by atoms with Gasteiger partial charge in [-0.25, -0.2) is 4.79 Å². The number of hydrogen-bond acceptors (Lipinski definition) is 4. The van der Waals surface area contributed by atoms with E-state index in [4.69, 9.17) is 9.84 Å². The summed E-state index contributed by atoms with van der Waals surface area (Å²) in [5, 5.41) is 12.5. The Labute approximate surface area is 93.3 Å². The van der Waals surface area contributed by atoms with Crippen molar-refractivity contribution in [3.63, 3.8) is 0 Å². The molecule has 1 aromatic rings. The van der Waals surface area contributed by atoms with E-state index in [0.29, 0.717) is 12.2 Å². The lowest BCUT2D eigenvalue weighted by molar-refractivity contribution is -0.129. The van der Waals surface area contributed by atoms with Crippen molar-refractivity contribution in [2.45, 2.75) is 6.61 Å². The molecule has 0 heterocycles. The van der Waals surface area contributed by atoms with Gasteiger partial charge in [-0.3, -0.25) is 0 Å². The molecule has 0 aliphatic heterocycles. The molecule has 0 saturated heterocycles. The van der Waals surface area contributed by atoms with Gasteiger partial charge in [-0.15, -0.1) is 0 Å². The fraction of sp³-hybridized carbons (Fsp3) is 0.273. The Kier molecular flexibility index (Phi) is 4.47. The molecule has 1 N–H and O–H groups in total. The molecule has 0 fully saturated rings. The summed E-state index contributed by atoms with van der Waals surface area (Å²) in [5.41, 5.74) is 1.12. The summed E-state index contributed by atoms with van der Waals surface area (Å²) in [7, 11) is 2.85. The SMILES string of the molecule is COCc1ccccc1/C(=N\OC)C(=O)O. The predicted octanol–water partition coefficient (Wildman–Crippen LogP) is 1.27. The zero-order valence-corrected chi connectivity index (χ0v) is 9.14. The van der Waals surface area contributed by atoms with Crippen molar-refractivity contribution in [1.82, 2.24) is 0 Å². The molecule has 0 unspecified atom stereocenters. The van der Waals surface area contributed by atoms with Crippen molar-refractivity contribution in [2.75, 3.05) is 14.2 Å². The third-order valence-electron chi connectivity index (χ3n) is 1.96. The normalized spacial score (nSPS) is 11.2. The first-order chi connectivity index (χ1) is 7.70. The second-order valence-electron chi connectivity index (χ2n) is 3.02. The van der Waals surface area contributed by atoms with Crippen LogP contribution in [0.2, 0.25) is 0 Å². The highest BCUT2D eigenvalue weighted by Gasteiger charge is 2.16. The molecule has 0 atom stereocenters. The topological polar surface area (TPSA) is 68.1 Å². The van der Waals surface area contributed by atoms with Gasteiger partial charge >= 0.3 is 5.97 Å². The molecule has 1 rings (SSSR count). The zero-order chi connectivity index (χ0) is 12.0. The molecule has 0 aliphatic carbocycles. The maximum atomic E-state index is 11.0. The largest absolute Gasteiger partial charge is 0.476 e. The van der Waals surface area contributed by atoms with Crippen LogP contribution in [0, 0.1) is 0 Å². The first-order valence-electron chi connectivity index (χ1n) is 4.62. The number of rotatable bonds is 5. The van der Waals surface area contributed by atoms with Gasteiger partial charge in [0.05, 0.1) is 6.61 Å². The van der Waals surface area contributed by atoms with Gasteiger partial charge in [0.2, 0.25) is 0 Å². The number of methoxy groups -OCH3 is 1. The van der Waals surface area contributed by atoms with Gasteiger partial charge < -0.3 is 14.7 Å². The van der Waals surface area contributed by atoms with E-state index in [1.807, 2.05) is 6.07 Å². The molecular weight excluding hydrogens is 210 g/mol. The monoisotopic (exact) mass is 223 g/mol. The van der Waals surface area contributed by atoms with E-state index < -0.39 is 5.97 Å². The highest BCUT2D eigenvalue weighted by Crippen LogP contribution is 2.11. The molecule has 86 valence electrons. The molecule has 5 heteroatoms. The third kappa shape index (κ3) is 2.80. The molecule has 0 bridgehead atoms. The molecule has 0 spiro atoms. The van der Waals surface area contributed by atoms with Crippen LogP contribution in [0.4, 0.5) is 0 Å². The lowest BCUT2D eigenvalue weighted by Gasteiger charge is -2.07. The molecule has 5 nitrogen and oxygen atoms in total. The van der Waals surface area contributed by atoms with Gasteiger partial charge in [0, 0.05) is 12.7 Å². The molecule has 1 aromatic carbocycles. The van der Waals surface area contributed by atoms with Gasteiger partial charge in [-0.1, -0.05) is 29.4 Å². The second kappa shape index (κ2) is 5.87. The fourth-order valence-electron chi connectivity index (χ4n) is 1.33. The lowest BCUT2D eigenvalue weighted by atomic mass is 10.0. The van der Waals surface area contributed by atoms with Crippen molar-refractivity contribution in [3.05, 3.63) is 35.4 Å². The maximum absolute atomic E-state index is 11.0. The van der Waals surface area contributed by atoms with Crippen LogP contribution in [-0.4, -0.2) is 31.0 Å². The number of hydrogen-bond donors (Lipinski definition) is 1. The van der Waals surface area contributed by atoms with E-state index in [1.54, 1.807) is 25.3 Å². The van der Waals surface area contributed by atoms with E-state index in [0.717, 1.165) is 5.56 Å². The van der Waals surface area contributed by atoms with Crippen LogP contribution in [-0.2, 0) is 21.0 Å². The first-order valence-corrected chi connectivity index (χ1v) is 4.62. The smallest absolute Gasteiger partial charge is 0.358 e. The summed E-state index contributed by atoms with van der Waals surface area (Å²) in [4.78, 5) is 15.5. The van der Waals surface area contributed by atoms with Crippen molar-refractivity contribution in [1.29, 1.82) is 0 Å². The van der Waals surface area contributed by atoms with Crippen molar-refractivity contribution in [3.8, 4) is 0 Å². The number of nitrogens with zero attached hydrogens (tertiary/aromatic N) is 1. The summed E-state index contributed by atoms with van der Waals surface area (Å²) in [5.74, 6) is -1.13. The van der Waals surface area contributed by atoms with Gasteiger partial charge in [-0.2, -0.15) is 0 Å². The Hall–Kier alpha value is -1.88. The molecule has 0 aromatic heterocycles. The number of benzene rings is 1. The molecule has 0 saturated carbocycles. The van der Waals surface area contributed by atoms with Crippen LogP contribution in [0.1, 0.15) is 11.1 Å². The number of ether oxygens (including phenoxy) is 1. The fourth-order valence-corrected chi connectivity index (χ4v) is 1.33. The molecule has 0 aliphatic rings. The Morgan fingerprint density at radius 2 is 2.06 bits per heavy atom. The van der Waals surface area contributed by atoms with Crippen LogP contribution in [0.25, 0.3) is 0 Å². The Balaban J connectivity index is 3.18. The molecule has 16 heavy (non-hydrogen) atoms. The minimum atomic E-state index is -1.13. The number of carbonyl (C=O) groups is 1. The number of oxime groups is 1. The van der Waals surface area contributed by atoms with Crippen LogP contribution in [0.15, 0.2) is 29.4 Å². The summed E-state index contributed by atoms with van der Waals surface area (Å²) in [6, 6.07) is 7.00. The molecule has 0 amide bonds. The van der Waals surface area contributed by atoms with Crippen LogP contribution in [0.3, 0.4) is 0 Å². The van der Waals surface area contributed by atoms with Crippen molar-refractivity contribution < 1.29 is 19.5 Å². The maximum Gasteiger partial charge on any atom is 0.358 e. The predicted molar refractivity (Wildman–Crippen MR) is 58.3 cm³/mol. The third-order valence-corrected chi connectivity index (χ3v) is 1.96. The first kappa shape index (κ1) is 12.2. The average Bonchev–Trinajstić information content (AvgIpc) is 2.27. The molecular formula is C11H13NO4. The van der Waals surface area contributed by atoms with Crippen molar-refractivity contribution in [2.24, 2.45) is 5.16 Å². The van der Waals surface area contributed by atoms with Gasteiger partial charge in [0.1, 0.15) is 7.11 Å². The van der Waals surface area contributed by atoms with Gasteiger partial charge in [-0.05, 0) is 5.56 Å². The van der Waals surface area contributed by atoms with Gasteiger partial charge in [0.15, 0.2) is 5.71 Å². The van der Waals surface area contributed by atoms with E-state index >= 15 is 0 Å². The summed E-state index contributed by atoms with van der Waals surface area (Å²) >= 11 is 0. The van der Waals surface area contributed by atoms with Gasteiger partial charge in [0.25, 0.3) is 0 Å². The Morgan fingerprint density at radius 3 is 2.62 bits per heavy atom.